The highest BCUT2D eigenvalue weighted by atomic mass is 16.5. The van der Waals surface area contributed by atoms with E-state index < -0.39 is 0 Å². The lowest BCUT2D eigenvalue weighted by Gasteiger charge is -2.57. The van der Waals surface area contributed by atoms with Crippen LogP contribution in [0.2, 0.25) is 0 Å². The number of ether oxygens (including phenoxy) is 1. The molecular formula is C25H32N2O3. The van der Waals surface area contributed by atoms with Gasteiger partial charge in [0.25, 0.3) is 0 Å². The van der Waals surface area contributed by atoms with Gasteiger partial charge in [-0.3, -0.25) is 9.69 Å². The van der Waals surface area contributed by atoms with Crippen molar-refractivity contribution in [3.05, 3.63) is 59.7 Å². The molecule has 30 heavy (non-hydrogen) atoms. The highest BCUT2D eigenvalue weighted by Gasteiger charge is 2.49. The van der Waals surface area contributed by atoms with Crippen LogP contribution in [0.3, 0.4) is 0 Å². The number of nitrogens with zero attached hydrogens (tertiary/aromatic N) is 2. The first-order chi connectivity index (χ1) is 14.6. The highest BCUT2D eigenvalue weighted by Crippen LogP contribution is 2.42. The molecule has 2 aromatic carbocycles. The number of fused-ring (bicyclic) bond motifs is 1. The summed E-state index contributed by atoms with van der Waals surface area (Å²) in [5.41, 5.74) is 4.91. The molecule has 5 nitrogen and oxygen atoms in total. The van der Waals surface area contributed by atoms with Crippen LogP contribution in [0.15, 0.2) is 48.5 Å². The van der Waals surface area contributed by atoms with Crippen LogP contribution in [0.5, 0.6) is 0 Å². The Morgan fingerprint density at radius 1 is 1.03 bits per heavy atom. The molecule has 0 spiro atoms. The van der Waals surface area contributed by atoms with Gasteiger partial charge in [-0.15, -0.1) is 0 Å². The lowest BCUT2D eigenvalue weighted by molar-refractivity contribution is -0.140. The lowest BCUT2D eigenvalue weighted by Crippen LogP contribution is -2.68. The van der Waals surface area contributed by atoms with Gasteiger partial charge in [0.15, 0.2) is 0 Å². The van der Waals surface area contributed by atoms with Crippen molar-refractivity contribution in [2.45, 2.75) is 37.8 Å². The summed E-state index contributed by atoms with van der Waals surface area (Å²) in [5, 5.41) is 10.1. The summed E-state index contributed by atoms with van der Waals surface area (Å²) in [7, 11) is 1.57. The van der Waals surface area contributed by atoms with Crippen LogP contribution >= 0.6 is 0 Å². The Kier molecular flexibility index (Phi) is 6.52. The first kappa shape index (κ1) is 21.0. The van der Waals surface area contributed by atoms with Gasteiger partial charge in [0.05, 0.1) is 6.61 Å². The summed E-state index contributed by atoms with van der Waals surface area (Å²) in [6, 6.07) is 17.7. The molecule has 160 valence electrons. The average Bonchev–Trinajstić information content (AvgIpc) is 2.74. The minimum absolute atomic E-state index is 0.0558. The van der Waals surface area contributed by atoms with Crippen molar-refractivity contribution < 1.29 is 14.6 Å². The van der Waals surface area contributed by atoms with Crippen molar-refractivity contribution >= 4 is 5.91 Å². The predicted molar refractivity (Wildman–Crippen MR) is 118 cm³/mol. The Labute approximate surface area is 179 Å². The molecule has 0 bridgehead atoms. The molecule has 0 saturated carbocycles. The number of aryl methyl sites for hydroxylation is 1. The van der Waals surface area contributed by atoms with Gasteiger partial charge in [-0.1, -0.05) is 54.1 Å². The average molecular weight is 409 g/mol. The molecule has 0 aliphatic carbocycles. The largest absolute Gasteiger partial charge is 0.395 e. The van der Waals surface area contributed by atoms with E-state index in [9.17, 15) is 9.90 Å². The van der Waals surface area contributed by atoms with Crippen LogP contribution < -0.4 is 0 Å². The number of carbonyl (C=O) groups excluding carboxylic acids is 1. The van der Waals surface area contributed by atoms with E-state index in [4.69, 9.17) is 4.74 Å². The molecule has 1 amide bonds. The number of rotatable bonds is 5. The SMILES string of the molecule is COCC(=O)N1CCCCN2[C@H](CO)[C@H](c3ccc(-c4ccc(C)cc4)cc3)[C@@H]2C1. The third-order valence-corrected chi connectivity index (χ3v) is 6.67. The fraction of sp³-hybridized carbons (Fsp3) is 0.480. The minimum Gasteiger partial charge on any atom is -0.395 e. The quantitative estimate of drug-likeness (QED) is 0.826. The molecule has 2 fully saturated rings. The Balaban J connectivity index is 1.55. The molecule has 3 atom stereocenters. The summed E-state index contributed by atoms with van der Waals surface area (Å²) in [4.78, 5) is 16.8. The molecule has 1 N–H and O–H groups in total. The zero-order valence-electron chi connectivity index (χ0n) is 18.0. The molecule has 0 aromatic heterocycles. The predicted octanol–water partition coefficient (Wildman–Crippen LogP) is 3.06. The van der Waals surface area contributed by atoms with Crippen LogP contribution in [0, 0.1) is 6.92 Å². The van der Waals surface area contributed by atoms with E-state index in [1.807, 2.05) is 4.90 Å². The Bertz CT molecular complexity index is 850. The van der Waals surface area contributed by atoms with Gasteiger partial charge in [0.2, 0.25) is 5.91 Å². The first-order valence-electron chi connectivity index (χ1n) is 10.9. The number of benzene rings is 2. The summed E-state index contributed by atoms with van der Waals surface area (Å²) in [6.45, 7) is 4.84. The molecule has 2 heterocycles. The first-order valence-corrected chi connectivity index (χ1v) is 10.9. The minimum atomic E-state index is 0.0558. The van der Waals surface area contributed by atoms with Crippen molar-refractivity contribution in [1.29, 1.82) is 0 Å². The summed E-state index contributed by atoms with van der Waals surface area (Å²) < 4.78 is 5.08. The summed E-state index contributed by atoms with van der Waals surface area (Å²) in [6.07, 6.45) is 2.04. The normalized spacial score (nSPS) is 24.5. The zero-order chi connectivity index (χ0) is 21.1. The van der Waals surface area contributed by atoms with E-state index in [-0.39, 0.29) is 37.1 Å². The Morgan fingerprint density at radius 2 is 1.67 bits per heavy atom. The molecule has 2 saturated heterocycles. The molecule has 0 radical (unpaired) electrons. The van der Waals surface area contributed by atoms with Gasteiger partial charge in [-0.25, -0.2) is 0 Å². The van der Waals surface area contributed by atoms with Crippen molar-refractivity contribution in [3.8, 4) is 11.1 Å². The molecule has 4 rings (SSSR count). The van der Waals surface area contributed by atoms with Crippen molar-refractivity contribution in [2.75, 3.05) is 40.0 Å². The zero-order valence-corrected chi connectivity index (χ0v) is 18.0. The molecular weight excluding hydrogens is 376 g/mol. The second-order valence-corrected chi connectivity index (χ2v) is 8.55. The number of amides is 1. The van der Waals surface area contributed by atoms with Crippen LogP contribution in [0.1, 0.15) is 29.9 Å². The number of aliphatic hydroxyl groups is 1. The van der Waals surface area contributed by atoms with Gasteiger partial charge < -0.3 is 14.7 Å². The van der Waals surface area contributed by atoms with E-state index in [0.29, 0.717) is 6.54 Å². The van der Waals surface area contributed by atoms with E-state index >= 15 is 0 Å². The number of hydrogen-bond donors (Lipinski definition) is 1. The van der Waals surface area contributed by atoms with Crippen LogP contribution in [-0.2, 0) is 9.53 Å². The molecule has 2 aromatic rings. The van der Waals surface area contributed by atoms with Crippen molar-refractivity contribution in [3.63, 3.8) is 0 Å². The van der Waals surface area contributed by atoms with E-state index in [0.717, 1.165) is 25.9 Å². The van der Waals surface area contributed by atoms with E-state index in [1.54, 1.807) is 7.11 Å². The molecule has 0 unspecified atom stereocenters. The number of hydrogen-bond acceptors (Lipinski definition) is 4. The second kappa shape index (κ2) is 9.29. The van der Waals surface area contributed by atoms with Crippen LogP contribution in [0.25, 0.3) is 11.1 Å². The van der Waals surface area contributed by atoms with E-state index in [2.05, 4.69) is 60.4 Å². The van der Waals surface area contributed by atoms with Gasteiger partial charge in [-0.2, -0.15) is 0 Å². The van der Waals surface area contributed by atoms with Gasteiger partial charge >= 0.3 is 0 Å². The monoisotopic (exact) mass is 408 g/mol. The van der Waals surface area contributed by atoms with Gasteiger partial charge in [0.1, 0.15) is 6.61 Å². The highest BCUT2D eigenvalue weighted by molar-refractivity contribution is 5.77. The summed E-state index contributed by atoms with van der Waals surface area (Å²) >= 11 is 0. The summed E-state index contributed by atoms with van der Waals surface area (Å²) in [5.74, 6) is 0.290. The van der Waals surface area contributed by atoms with Crippen molar-refractivity contribution in [1.82, 2.24) is 9.80 Å². The molecule has 5 heteroatoms. The maximum absolute atomic E-state index is 12.5. The fourth-order valence-corrected chi connectivity index (χ4v) is 5.03. The molecule has 2 aliphatic rings. The third-order valence-electron chi connectivity index (χ3n) is 6.67. The standard InChI is InChI=1S/C25H32N2O3/c1-18-5-7-19(8-6-18)20-9-11-21(12-10-20)25-22-15-26(24(29)17-30-2)13-3-4-14-27(22)23(25)16-28/h5-12,22-23,25,28H,3-4,13-17H2,1-2H3/t22-,23+,25+/m0/s1. The number of carbonyl (C=O) groups is 1. The van der Waals surface area contributed by atoms with Gasteiger partial charge in [-0.05, 0) is 43.0 Å². The number of methoxy groups -OCH3 is 1. The Hall–Kier alpha value is -2.21. The van der Waals surface area contributed by atoms with Crippen LogP contribution in [-0.4, -0.2) is 72.9 Å². The maximum Gasteiger partial charge on any atom is 0.248 e. The van der Waals surface area contributed by atoms with Gasteiger partial charge in [0, 0.05) is 38.2 Å². The van der Waals surface area contributed by atoms with Crippen molar-refractivity contribution in [2.24, 2.45) is 0 Å². The number of aliphatic hydroxyl groups excluding tert-OH is 1. The maximum atomic E-state index is 12.5. The Morgan fingerprint density at radius 3 is 2.30 bits per heavy atom. The smallest absolute Gasteiger partial charge is 0.248 e. The second-order valence-electron chi connectivity index (χ2n) is 8.55. The third kappa shape index (κ3) is 4.15. The lowest BCUT2D eigenvalue weighted by atomic mass is 9.74. The fourth-order valence-electron chi connectivity index (χ4n) is 5.03. The topological polar surface area (TPSA) is 53.0 Å². The van der Waals surface area contributed by atoms with E-state index in [1.165, 1.54) is 22.3 Å². The van der Waals surface area contributed by atoms with Crippen LogP contribution in [0.4, 0.5) is 0 Å². The molecule has 2 aliphatic heterocycles.